The molecule has 0 heterocycles. The van der Waals surface area contributed by atoms with Gasteiger partial charge in [0.05, 0.1) is 12.1 Å². The van der Waals surface area contributed by atoms with Gasteiger partial charge in [-0.15, -0.1) is 0 Å². The minimum atomic E-state index is -2.38. The van der Waals surface area contributed by atoms with Crippen molar-refractivity contribution in [1.82, 2.24) is 5.48 Å². The quantitative estimate of drug-likeness (QED) is 0.619. The fourth-order valence-electron chi connectivity index (χ4n) is 0.295. The Morgan fingerprint density at radius 1 is 1.20 bits per heavy atom. The molecule has 0 aromatic rings. The lowest BCUT2D eigenvalue weighted by Crippen LogP contribution is -2.34. The molecule has 0 bridgehead atoms. The van der Waals surface area contributed by atoms with Gasteiger partial charge in [-0.25, -0.2) is 8.78 Å². The van der Waals surface area contributed by atoms with E-state index >= 15 is 0 Å². The molecule has 0 aliphatic carbocycles. The fourth-order valence-corrected chi connectivity index (χ4v) is 0.295. The lowest BCUT2D eigenvalue weighted by molar-refractivity contribution is -0.0571. The van der Waals surface area contributed by atoms with Crippen LogP contribution in [0.15, 0.2) is 0 Å². The first kappa shape index (κ1) is 9.78. The maximum Gasteiger partial charge on any atom is 0.255 e. The summed E-state index contributed by atoms with van der Waals surface area (Å²) in [5, 5.41) is 0. The normalized spacial score (nSPS) is 14.7. The second kappa shape index (κ2) is 4.57. The highest BCUT2D eigenvalue weighted by molar-refractivity contribution is 4.55. The Hall–Kier alpha value is -0.220. The molecule has 0 saturated heterocycles. The van der Waals surface area contributed by atoms with Crippen molar-refractivity contribution in [2.75, 3.05) is 0 Å². The third-order valence-corrected chi connectivity index (χ3v) is 0.868. The van der Waals surface area contributed by atoms with E-state index in [1.54, 1.807) is 13.8 Å². The monoisotopic (exact) mass is 153 g/mol. The van der Waals surface area contributed by atoms with Crippen molar-refractivity contribution in [2.45, 2.75) is 39.3 Å². The van der Waals surface area contributed by atoms with E-state index < -0.39 is 12.5 Å². The number of halogens is 2. The van der Waals surface area contributed by atoms with Crippen LogP contribution in [0.4, 0.5) is 8.78 Å². The van der Waals surface area contributed by atoms with Gasteiger partial charge >= 0.3 is 0 Å². The largest absolute Gasteiger partial charge is 0.299 e. The molecular weight excluding hydrogens is 140 g/mol. The Kier molecular flexibility index (Phi) is 4.47. The standard InChI is InChI=1S/C6H13F2NO/c1-4(2)10-9-5(3)6(7)8/h4-6,9H,1-3H3. The molecule has 0 fully saturated rings. The van der Waals surface area contributed by atoms with Crippen molar-refractivity contribution in [3.05, 3.63) is 0 Å². The average Bonchev–Trinajstić information content (AvgIpc) is 1.82. The molecule has 62 valence electrons. The highest BCUT2D eigenvalue weighted by Gasteiger charge is 2.13. The first-order valence-corrected chi connectivity index (χ1v) is 3.23. The molecular formula is C6H13F2NO. The van der Waals surface area contributed by atoms with Gasteiger partial charge in [0.1, 0.15) is 0 Å². The number of hydrogen-bond donors (Lipinski definition) is 1. The second-order valence-electron chi connectivity index (χ2n) is 2.41. The number of rotatable bonds is 4. The van der Waals surface area contributed by atoms with Gasteiger partial charge in [-0.2, -0.15) is 5.48 Å². The molecule has 10 heavy (non-hydrogen) atoms. The van der Waals surface area contributed by atoms with E-state index in [-0.39, 0.29) is 6.10 Å². The number of hydrogen-bond acceptors (Lipinski definition) is 2. The van der Waals surface area contributed by atoms with Crippen molar-refractivity contribution in [3.63, 3.8) is 0 Å². The van der Waals surface area contributed by atoms with Crippen LogP contribution in [-0.2, 0) is 4.84 Å². The zero-order valence-corrected chi connectivity index (χ0v) is 6.40. The van der Waals surface area contributed by atoms with Crippen molar-refractivity contribution < 1.29 is 13.6 Å². The zero-order valence-electron chi connectivity index (χ0n) is 6.40. The predicted octanol–water partition coefficient (Wildman–Crippen LogP) is 1.57. The lowest BCUT2D eigenvalue weighted by Gasteiger charge is -2.14. The van der Waals surface area contributed by atoms with Gasteiger partial charge in [-0.05, 0) is 20.8 Å². The minimum absolute atomic E-state index is 0.0683. The maximum absolute atomic E-state index is 11.7. The van der Waals surface area contributed by atoms with E-state index in [1.807, 2.05) is 0 Å². The Morgan fingerprint density at radius 2 is 1.70 bits per heavy atom. The molecule has 0 radical (unpaired) electrons. The van der Waals surface area contributed by atoms with Gasteiger partial charge in [0.15, 0.2) is 0 Å². The van der Waals surface area contributed by atoms with E-state index in [4.69, 9.17) is 4.84 Å². The highest BCUT2D eigenvalue weighted by Crippen LogP contribution is 1.99. The maximum atomic E-state index is 11.7. The van der Waals surface area contributed by atoms with Gasteiger partial charge in [0.2, 0.25) is 0 Å². The Balaban J connectivity index is 3.30. The van der Waals surface area contributed by atoms with Crippen LogP contribution >= 0.6 is 0 Å². The third kappa shape index (κ3) is 4.64. The van der Waals surface area contributed by atoms with Crippen LogP contribution in [0.2, 0.25) is 0 Å². The Bertz CT molecular complexity index is 87.8. The highest BCUT2D eigenvalue weighted by atomic mass is 19.3. The fraction of sp³-hybridized carbons (Fsp3) is 1.00. The summed E-state index contributed by atoms with van der Waals surface area (Å²) in [6.07, 6.45) is -2.44. The molecule has 2 nitrogen and oxygen atoms in total. The van der Waals surface area contributed by atoms with Crippen LogP contribution < -0.4 is 5.48 Å². The molecule has 0 aromatic heterocycles. The molecule has 0 amide bonds. The van der Waals surface area contributed by atoms with Crippen LogP contribution in [-0.4, -0.2) is 18.6 Å². The summed E-state index contributed by atoms with van der Waals surface area (Å²) in [5.74, 6) is 0. The average molecular weight is 153 g/mol. The third-order valence-electron chi connectivity index (χ3n) is 0.868. The van der Waals surface area contributed by atoms with Crippen molar-refractivity contribution in [2.24, 2.45) is 0 Å². The molecule has 0 aliphatic heterocycles. The Labute approximate surface area is 59.5 Å². The van der Waals surface area contributed by atoms with Gasteiger partial charge in [0, 0.05) is 0 Å². The molecule has 1 atom stereocenters. The summed E-state index contributed by atoms with van der Waals surface area (Å²) < 4.78 is 23.5. The molecule has 0 rings (SSSR count). The topological polar surface area (TPSA) is 21.3 Å². The number of nitrogens with one attached hydrogen (secondary N) is 1. The summed E-state index contributed by atoms with van der Waals surface area (Å²) >= 11 is 0. The molecule has 0 saturated carbocycles. The van der Waals surface area contributed by atoms with Gasteiger partial charge in [0.25, 0.3) is 6.43 Å². The lowest BCUT2D eigenvalue weighted by atomic mass is 10.4. The first-order valence-electron chi connectivity index (χ1n) is 3.23. The van der Waals surface area contributed by atoms with Crippen molar-refractivity contribution >= 4 is 0 Å². The molecule has 1 N–H and O–H groups in total. The van der Waals surface area contributed by atoms with Crippen molar-refractivity contribution in [1.29, 1.82) is 0 Å². The summed E-state index contributed by atoms with van der Waals surface area (Å²) in [5.41, 5.74) is 2.23. The van der Waals surface area contributed by atoms with Crippen LogP contribution in [0, 0.1) is 0 Å². The van der Waals surface area contributed by atoms with Crippen LogP contribution in [0.5, 0.6) is 0 Å². The smallest absolute Gasteiger partial charge is 0.255 e. The van der Waals surface area contributed by atoms with E-state index in [2.05, 4.69) is 5.48 Å². The van der Waals surface area contributed by atoms with Crippen molar-refractivity contribution in [3.8, 4) is 0 Å². The summed E-state index contributed by atoms with van der Waals surface area (Å²) in [4.78, 5) is 4.73. The summed E-state index contributed by atoms with van der Waals surface area (Å²) in [7, 11) is 0. The van der Waals surface area contributed by atoms with E-state index in [0.29, 0.717) is 0 Å². The molecule has 0 aliphatic rings. The zero-order chi connectivity index (χ0) is 8.15. The predicted molar refractivity (Wildman–Crippen MR) is 34.8 cm³/mol. The second-order valence-corrected chi connectivity index (χ2v) is 2.41. The van der Waals surface area contributed by atoms with E-state index in [0.717, 1.165) is 0 Å². The van der Waals surface area contributed by atoms with E-state index in [9.17, 15) is 8.78 Å². The molecule has 1 unspecified atom stereocenters. The van der Waals surface area contributed by atoms with Crippen LogP contribution in [0.25, 0.3) is 0 Å². The van der Waals surface area contributed by atoms with Crippen LogP contribution in [0.3, 0.4) is 0 Å². The van der Waals surface area contributed by atoms with Gasteiger partial charge in [-0.3, -0.25) is 4.84 Å². The van der Waals surface area contributed by atoms with E-state index in [1.165, 1.54) is 6.92 Å². The number of alkyl halides is 2. The molecule has 0 spiro atoms. The first-order chi connectivity index (χ1) is 4.54. The van der Waals surface area contributed by atoms with Gasteiger partial charge < -0.3 is 0 Å². The molecule has 0 aromatic carbocycles. The summed E-state index contributed by atoms with van der Waals surface area (Å²) in [6.45, 7) is 4.91. The molecule has 4 heteroatoms. The van der Waals surface area contributed by atoms with Gasteiger partial charge in [-0.1, -0.05) is 0 Å². The summed E-state index contributed by atoms with van der Waals surface area (Å²) in [6, 6.07) is -0.901. The minimum Gasteiger partial charge on any atom is -0.299 e. The van der Waals surface area contributed by atoms with Crippen LogP contribution in [0.1, 0.15) is 20.8 Å². The number of hydroxylamine groups is 1. The Morgan fingerprint density at radius 3 is 2.00 bits per heavy atom. The SMILES string of the molecule is CC(C)ONC(C)C(F)F.